The molecule has 2 atom stereocenters. The second-order valence-corrected chi connectivity index (χ2v) is 10.4. The predicted molar refractivity (Wildman–Crippen MR) is 121 cm³/mol. The van der Waals surface area contributed by atoms with Crippen LogP contribution in [-0.2, 0) is 19.1 Å². The highest BCUT2D eigenvalue weighted by Crippen LogP contribution is 2.29. The molecule has 4 N–H and O–H groups in total. The summed E-state index contributed by atoms with van der Waals surface area (Å²) in [6.07, 6.45) is 2.22. The number of carbonyl (C=O) groups is 4. The lowest BCUT2D eigenvalue weighted by Gasteiger charge is -2.30. The standard InChI is InChI=1S/C23H41N3O6/c1-13(2)17(26-22(31)32-23(5,6)7)20(28)24-12-15-8-10-16(11-9-15)19(27)25-18(14(3)4)21(29)30/h13-18H,8-12H2,1-7H3,(H,24,28)(H,25,27)(H,26,31)(H,29,30)/t15?,16?,17-,18+/m0/s1. The van der Waals surface area contributed by atoms with Gasteiger partial charge >= 0.3 is 12.1 Å². The number of carboxylic acids is 1. The van der Waals surface area contributed by atoms with Crippen LogP contribution in [0, 0.1) is 23.7 Å². The molecule has 1 saturated carbocycles. The lowest BCUT2D eigenvalue weighted by Crippen LogP contribution is -2.51. The van der Waals surface area contributed by atoms with E-state index < -0.39 is 29.7 Å². The van der Waals surface area contributed by atoms with Gasteiger partial charge < -0.3 is 25.8 Å². The molecule has 3 amide bonds. The number of nitrogens with one attached hydrogen (secondary N) is 3. The van der Waals surface area contributed by atoms with Crippen molar-refractivity contribution in [2.45, 2.75) is 91.8 Å². The van der Waals surface area contributed by atoms with Gasteiger partial charge in [0, 0.05) is 12.5 Å². The van der Waals surface area contributed by atoms with Crippen LogP contribution in [0.5, 0.6) is 0 Å². The molecule has 9 heteroatoms. The molecule has 1 aliphatic rings. The van der Waals surface area contributed by atoms with Gasteiger partial charge in [-0.15, -0.1) is 0 Å². The Balaban J connectivity index is 2.50. The highest BCUT2D eigenvalue weighted by atomic mass is 16.6. The fourth-order valence-corrected chi connectivity index (χ4v) is 3.74. The van der Waals surface area contributed by atoms with Crippen molar-refractivity contribution in [2.75, 3.05) is 6.54 Å². The van der Waals surface area contributed by atoms with Gasteiger partial charge in [-0.3, -0.25) is 9.59 Å². The molecule has 0 unspecified atom stereocenters. The summed E-state index contributed by atoms with van der Waals surface area (Å²) >= 11 is 0. The Bertz CT molecular complexity index is 663. The van der Waals surface area contributed by atoms with E-state index in [9.17, 15) is 24.3 Å². The van der Waals surface area contributed by atoms with Crippen LogP contribution < -0.4 is 16.0 Å². The third-order valence-electron chi connectivity index (χ3n) is 5.63. The second kappa shape index (κ2) is 12.1. The van der Waals surface area contributed by atoms with E-state index in [4.69, 9.17) is 4.74 Å². The summed E-state index contributed by atoms with van der Waals surface area (Å²) in [4.78, 5) is 48.5. The van der Waals surface area contributed by atoms with E-state index in [0.29, 0.717) is 19.4 Å². The second-order valence-electron chi connectivity index (χ2n) is 10.4. The van der Waals surface area contributed by atoms with Crippen LogP contribution in [0.15, 0.2) is 0 Å². The number of hydrogen-bond acceptors (Lipinski definition) is 5. The van der Waals surface area contributed by atoms with Crippen LogP contribution in [0.25, 0.3) is 0 Å². The summed E-state index contributed by atoms with van der Waals surface area (Å²) < 4.78 is 5.25. The van der Waals surface area contributed by atoms with Crippen LogP contribution in [0.4, 0.5) is 4.79 Å². The Hall–Kier alpha value is -2.32. The van der Waals surface area contributed by atoms with Gasteiger partial charge in [0.2, 0.25) is 11.8 Å². The molecule has 0 radical (unpaired) electrons. The maximum atomic E-state index is 12.6. The van der Waals surface area contributed by atoms with Gasteiger partial charge in [-0.05, 0) is 64.2 Å². The lowest BCUT2D eigenvalue weighted by molar-refractivity contribution is -0.144. The van der Waals surface area contributed by atoms with E-state index >= 15 is 0 Å². The molecule has 0 heterocycles. The minimum Gasteiger partial charge on any atom is -0.480 e. The zero-order valence-corrected chi connectivity index (χ0v) is 20.5. The molecule has 9 nitrogen and oxygen atoms in total. The molecule has 184 valence electrons. The van der Waals surface area contributed by atoms with E-state index in [1.807, 2.05) is 13.8 Å². The van der Waals surface area contributed by atoms with Gasteiger partial charge in [-0.1, -0.05) is 27.7 Å². The van der Waals surface area contributed by atoms with E-state index in [1.165, 1.54) is 0 Å². The van der Waals surface area contributed by atoms with Gasteiger partial charge in [-0.25, -0.2) is 9.59 Å². The van der Waals surface area contributed by atoms with Crippen molar-refractivity contribution in [1.82, 2.24) is 16.0 Å². The van der Waals surface area contributed by atoms with Gasteiger partial charge in [0.1, 0.15) is 17.7 Å². The minimum absolute atomic E-state index is 0.106. The monoisotopic (exact) mass is 455 g/mol. The summed E-state index contributed by atoms with van der Waals surface area (Å²) in [7, 11) is 0. The Kier molecular flexibility index (Phi) is 10.4. The number of rotatable bonds is 9. The van der Waals surface area contributed by atoms with Gasteiger partial charge in [-0.2, -0.15) is 0 Å². The van der Waals surface area contributed by atoms with Crippen LogP contribution in [-0.4, -0.2) is 53.2 Å². The number of carbonyl (C=O) groups excluding carboxylic acids is 3. The number of aliphatic carboxylic acids is 1. The summed E-state index contributed by atoms with van der Waals surface area (Å²) in [6, 6.07) is -1.58. The maximum absolute atomic E-state index is 12.6. The third-order valence-corrected chi connectivity index (χ3v) is 5.63. The smallest absolute Gasteiger partial charge is 0.408 e. The van der Waals surface area contributed by atoms with Crippen molar-refractivity contribution in [3.8, 4) is 0 Å². The zero-order valence-electron chi connectivity index (χ0n) is 20.5. The molecule has 0 aromatic rings. The molecular formula is C23H41N3O6. The molecule has 1 aliphatic carbocycles. The SMILES string of the molecule is CC(C)[C@H](NC(=O)OC(C)(C)C)C(=O)NCC1CCC(C(=O)N[C@@H](C(=O)O)C(C)C)CC1. The average molecular weight is 456 g/mol. The van der Waals surface area contributed by atoms with Gasteiger partial charge in [0.25, 0.3) is 0 Å². The van der Waals surface area contributed by atoms with Crippen LogP contribution in [0.2, 0.25) is 0 Å². The molecule has 0 aliphatic heterocycles. The molecule has 0 spiro atoms. The van der Waals surface area contributed by atoms with Crippen LogP contribution >= 0.6 is 0 Å². The summed E-state index contributed by atoms with van der Waals surface area (Å²) in [5.41, 5.74) is -0.646. The first-order chi connectivity index (χ1) is 14.7. The topological polar surface area (TPSA) is 134 Å². The maximum Gasteiger partial charge on any atom is 0.408 e. The van der Waals surface area contributed by atoms with Gasteiger partial charge in [0.05, 0.1) is 0 Å². The number of alkyl carbamates (subject to hydrolysis) is 1. The van der Waals surface area contributed by atoms with Gasteiger partial charge in [0.15, 0.2) is 0 Å². The summed E-state index contributed by atoms with van der Waals surface area (Å²) in [6.45, 7) is 13.0. The number of carboxylic acid groups (broad SMARTS) is 1. The first-order valence-corrected chi connectivity index (χ1v) is 11.5. The molecule has 0 bridgehead atoms. The normalized spacial score (nSPS) is 20.9. The average Bonchev–Trinajstić information content (AvgIpc) is 2.66. The van der Waals surface area contributed by atoms with E-state index in [-0.39, 0.29) is 35.5 Å². The molecule has 0 aromatic heterocycles. The first kappa shape index (κ1) is 27.7. The quantitative estimate of drug-likeness (QED) is 0.422. The third kappa shape index (κ3) is 9.44. The van der Waals surface area contributed by atoms with Crippen molar-refractivity contribution in [3.63, 3.8) is 0 Å². The lowest BCUT2D eigenvalue weighted by atomic mass is 9.81. The van der Waals surface area contributed by atoms with Crippen molar-refractivity contribution in [1.29, 1.82) is 0 Å². The highest BCUT2D eigenvalue weighted by Gasteiger charge is 2.32. The largest absolute Gasteiger partial charge is 0.480 e. The van der Waals surface area contributed by atoms with Crippen LogP contribution in [0.3, 0.4) is 0 Å². The van der Waals surface area contributed by atoms with Crippen molar-refractivity contribution in [3.05, 3.63) is 0 Å². The zero-order chi connectivity index (χ0) is 24.6. The molecule has 1 rings (SSSR count). The van der Waals surface area contributed by atoms with Crippen molar-refractivity contribution in [2.24, 2.45) is 23.7 Å². The van der Waals surface area contributed by atoms with Crippen LogP contribution in [0.1, 0.15) is 74.1 Å². The Morgan fingerprint density at radius 1 is 0.906 bits per heavy atom. The van der Waals surface area contributed by atoms with E-state index in [1.54, 1.807) is 34.6 Å². The summed E-state index contributed by atoms with van der Waals surface area (Å²) in [5.74, 6) is -1.76. The molecule has 1 fully saturated rings. The Morgan fingerprint density at radius 2 is 1.44 bits per heavy atom. The van der Waals surface area contributed by atoms with E-state index in [0.717, 1.165) is 12.8 Å². The molecule has 32 heavy (non-hydrogen) atoms. The van der Waals surface area contributed by atoms with Crippen molar-refractivity contribution < 1.29 is 29.0 Å². The van der Waals surface area contributed by atoms with E-state index in [2.05, 4.69) is 16.0 Å². The molecule has 0 aromatic carbocycles. The number of hydrogen-bond donors (Lipinski definition) is 4. The highest BCUT2D eigenvalue weighted by molar-refractivity contribution is 5.86. The summed E-state index contributed by atoms with van der Waals surface area (Å²) in [5, 5.41) is 17.5. The first-order valence-electron chi connectivity index (χ1n) is 11.5. The fraction of sp³-hybridized carbons (Fsp3) is 0.826. The Labute approximate surface area is 191 Å². The molecular weight excluding hydrogens is 414 g/mol. The molecule has 0 saturated heterocycles. The van der Waals surface area contributed by atoms with Crippen molar-refractivity contribution >= 4 is 23.9 Å². The number of amides is 3. The number of ether oxygens (including phenoxy) is 1. The predicted octanol–water partition coefficient (Wildman–Crippen LogP) is 2.68. The Morgan fingerprint density at radius 3 is 1.88 bits per heavy atom. The minimum atomic E-state index is -1.02. The fourth-order valence-electron chi connectivity index (χ4n) is 3.74.